The van der Waals surface area contributed by atoms with Crippen LogP contribution < -0.4 is 5.32 Å². The Morgan fingerprint density at radius 1 is 1.11 bits per heavy atom. The van der Waals surface area contributed by atoms with Gasteiger partial charge in [0.2, 0.25) is 5.91 Å². The first-order chi connectivity index (χ1) is 13.2. The number of hydrogen-bond donors (Lipinski definition) is 1. The molecule has 1 N–H and O–H groups in total. The van der Waals surface area contributed by atoms with Crippen LogP contribution in [0, 0.1) is 20.8 Å². The Labute approximate surface area is 165 Å². The van der Waals surface area contributed by atoms with Gasteiger partial charge >= 0.3 is 5.97 Å². The summed E-state index contributed by atoms with van der Waals surface area (Å²) in [6.07, 6.45) is 0. The second-order valence-corrected chi connectivity index (χ2v) is 6.77. The first-order valence-electron chi connectivity index (χ1n) is 9.17. The van der Waals surface area contributed by atoms with Crippen molar-refractivity contribution in [1.82, 2.24) is 9.47 Å². The lowest BCUT2D eigenvalue weighted by molar-refractivity contribution is -0.136. The minimum Gasteiger partial charge on any atom is -0.452 e. The molecule has 2 rings (SSSR count). The molecule has 0 spiro atoms. The SMILES string of the molecule is CCn1c(C)cc(C(=O)OCC(=O)N(C)CC(=O)Nc2ccc(C)cc2)c1C. The van der Waals surface area contributed by atoms with Gasteiger partial charge in [-0.2, -0.15) is 0 Å². The molecule has 0 radical (unpaired) electrons. The number of benzene rings is 1. The Hall–Kier alpha value is -3.09. The number of aromatic nitrogens is 1. The number of esters is 1. The predicted octanol–water partition coefficient (Wildman–Crippen LogP) is 2.69. The molecule has 0 bridgehead atoms. The summed E-state index contributed by atoms with van der Waals surface area (Å²) in [5.74, 6) is -1.31. The van der Waals surface area contributed by atoms with E-state index < -0.39 is 18.5 Å². The number of carbonyl (C=O) groups is 3. The fourth-order valence-corrected chi connectivity index (χ4v) is 2.95. The van der Waals surface area contributed by atoms with Gasteiger partial charge < -0.3 is 19.5 Å². The van der Waals surface area contributed by atoms with Gasteiger partial charge in [-0.3, -0.25) is 9.59 Å². The molecular weight excluding hydrogens is 358 g/mol. The number of amides is 2. The highest BCUT2D eigenvalue weighted by Gasteiger charge is 2.19. The summed E-state index contributed by atoms with van der Waals surface area (Å²) < 4.78 is 7.14. The quantitative estimate of drug-likeness (QED) is 0.743. The molecule has 2 aromatic rings. The maximum absolute atomic E-state index is 12.3. The number of likely N-dealkylation sites (N-methyl/N-ethyl adjacent to an activating group) is 1. The van der Waals surface area contributed by atoms with E-state index in [1.807, 2.05) is 44.4 Å². The minimum atomic E-state index is -0.543. The van der Waals surface area contributed by atoms with E-state index in [1.54, 1.807) is 18.2 Å². The number of anilines is 1. The fraction of sp³-hybridized carbons (Fsp3) is 0.381. The number of carbonyl (C=O) groups excluding carboxylic acids is 3. The first-order valence-corrected chi connectivity index (χ1v) is 9.17. The summed E-state index contributed by atoms with van der Waals surface area (Å²) in [7, 11) is 1.49. The van der Waals surface area contributed by atoms with Crippen LogP contribution in [0.5, 0.6) is 0 Å². The van der Waals surface area contributed by atoms with Crippen molar-refractivity contribution in [2.24, 2.45) is 0 Å². The van der Waals surface area contributed by atoms with Gasteiger partial charge in [0.05, 0.1) is 12.1 Å². The smallest absolute Gasteiger partial charge is 0.340 e. The van der Waals surface area contributed by atoms with Gasteiger partial charge in [-0.15, -0.1) is 0 Å². The zero-order valence-electron chi connectivity index (χ0n) is 17.0. The number of hydrogen-bond acceptors (Lipinski definition) is 4. The van der Waals surface area contributed by atoms with Crippen molar-refractivity contribution >= 4 is 23.5 Å². The van der Waals surface area contributed by atoms with Crippen LogP contribution in [-0.2, 0) is 20.9 Å². The van der Waals surface area contributed by atoms with Crippen molar-refractivity contribution < 1.29 is 19.1 Å². The average molecular weight is 385 g/mol. The number of nitrogens with one attached hydrogen (secondary N) is 1. The molecule has 1 heterocycles. The van der Waals surface area contributed by atoms with Crippen LogP contribution in [0.2, 0.25) is 0 Å². The third kappa shape index (κ3) is 5.22. The summed E-state index contributed by atoms with van der Waals surface area (Å²) in [6.45, 7) is 7.92. The van der Waals surface area contributed by atoms with Crippen molar-refractivity contribution in [3.8, 4) is 0 Å². The number of ether oxygens (including phenoxy) is 1. The molecule has 0 saturated heterocycles. The highest BCUT2D eigenvalue weighted by molar-refractivity contribution is 5.95. The summed E-state index contributed by atoms with van der Waals surface area (Å²) in [6, 6.07) is 9.12. The monoisotopic (exact) mass is 385 g/mol. The second kappa shape index (κ2) is 9.21. The molecule has 0 fully saturated rings. The number of nitrogens with zero attached hydrogens (tertiary/aromatic N) is 2. The lowest BCUT2D eigenvalue weighted by Crippen LogP contribution is -2.37. The van der Waals surface area contributed by atoms with Gasteiger partial charge in [0.1, 0.15) is 0 Å². The van der Waals surface area contributed by atoms with Crippen molar-refractivity contribution in [3.63, 3.8) is 0 Å². The topological polar surface area (TPSA) is 80.6 Å². The van der Waals surface area contributed by atoms with Gasteiger partial charge in [0.15, 0.2) is 6.61 Å². The van der Waals surface area contributed by atoms with E-state index in [0.717, 1.165) is 23.5 Å². The molecule has 1 aromatic carbocycles. The van der Waals surface area contributed by atoms with Crippen molar-refractivity contribution in [2.45, 2.75) is 34.2 Å². The Morgan fingerprint density at radius 2 is 1.75 bits per heavy atom. The maximum Gasteiger partial charge on any atom is 0.340 e. The minimum absolute atomic E-state index is 0.130. The molecule has 7 nitrogen and oxygen atoms in total. The second-order valence-electron chi connectivity index (χ2n) is 6.77. The molecule has 1 aromatic heterocycles. The summed E-state index contributed by atoms with van der Waals surface area (Å²) in [5.41, 5.74) is 3.97. The lowest BCUT2D eigenvalue weighted by atomic mass is 10.2. The van der Waals surface area contributed by atoms with Gasteiger partial charge in [-0.25, -0.2) is 4.79 Å². The van der Waals surface area contributed by atoms with Gasteiger partial charge in [0.25, 0.3) is 5.91 Å². The molecule has 0 aliphatic rings. The molecular formula is C21H27N3O4. The van der Waals surface area contributed by atoms with Crippen molar-refractivity contribution in [1.29, 1.82) is 0 Å². The highest BCUT2D eigenvalue weighted by Crippen LogP contribution is 2.16. The van der Waals surface area contributed by atoms with Gasteiger partial charge in [-0.1, -0.05) is 17.7 Å². The molecule has 0 unspecified atom stereocenters. The number of aryl methyl sites for hydroxylation is 2. The summed E-state index contributed by atoms with van der Waals surface area (Å²) >= 11 is 0. The van der Waals surface area contributed by atoms with E-state index in [2.05, 4.69) is 5.32 Å². The largest absolute Gasteiger partial charge is 0.452 e. The van der Waals surface area contributed by atoms with Crippen LogP contribution in [0.3, 0.4) is 0 Å². The Bertz CT molecular complexity index is 869. The predicted molar refractivity (Wildman–Crippen MR) is 107 cm³/mol. The van der Waals surface area contributed by atoms with E-state index in [9.17, 15) is 14.4 Å². The first kappa shape index (κ1) is 21.2. The molecule has 150 valence electrons. The zero-order chi connectivity index (χ0) is 20.8. The Kier molecular flexibility index (Phi) is 6.98. The molecule has 0 aliphatic heterocycles. The molecule has 7 heteroatoms. The van der Waals surface area contributed by atoms with Crippen LogP contribution in [0.4, 0.5) is 5.69 Å². The van der Waals surface area contributed by atoms with Crippen LogP contribution >= 0.6 is 0 Å². The van der Waals surface area contributed by atoms with Crippen LogP contribution in [-0.4, -0.2) is 47.4 Å². The molecule has 28 heavy (non-hydrogen) atoms. The van der Waals surface area contributed by atoms with Crippen LogP contribution in [0.1, 0.15) is 34.2 Å². The number of rotatable bonds is 7. The van der Waals surface area contributed by atoms with Crippen molar-refractivity contribution in [3.05, 3.63) is 52.8 Å². The maximum atomic E-state index is 12.3. The zero-order valence-corrected chi connectivity index (χ0v) is 17.0. The van der Waals surface area contributed by atoms with Crippen LogP contribution in [0.25, 0.3) is 0 Å². The standard InChI is InChI=1S/C21H27N3O4/c1-6-24-15(3)11-18(16(24)4)21(27)28-13-20(26)23(5)12-19(25)22-17-9-7-14(2)8-10-17/h7-11H,6,12-13H2,1-5H3,(H,22,25). The fourth-order valence-electron chi connectivity index (χ4n) is 2.95. The van der Waals surface area contributed by atoms with E-state index in [-0.39, 0.29) is 12.5 Å². The Morgan fingerprint density at radius 3 is 2.32 bits per heavy atom. The van der Waals surface area contributed by atoms with Crippen LogP contribution in [0.15, 0.2) is 30.3 Å². The van der Waals surface area contributed by atoms with Gasteiger partial charge in [0, 0.05) is 30.7 Å². The van der Waals surface area contributed by atoms with Crippen molar-refractivity contribution in [2.75, 3.05) is 25.5 Å². The Balaban J connectivity index is 1.85. The normalized spacial score (nSPS) is 10.5. The van der Waals surface area contributed by atoms with E-state index in [1.165, 1.54) is 11.9 Å². The third-order valence-electron chi connectivity index (χ3n) is 4.58. The summed E-state index contributed by atoms with van der Waals surface area (Å²) in [4.78, 5) is 37.8. The third-order valence-corrected chi connectivity index (χ3v) is 4.58. The molecule has 0 aliphatic carbocycles. The van der Waals surface area contributed by atoms with E-state index in [0.29, 0.717) is 11.3 Å². The highest BCUT2D eigenvalue weighted by atomic mass is 16.5. The van der Waals surface area contributed by atoms with Gasteiger partial charge in [-0.05, 0) is 45.9 Å². The molecule has 2 amide bonds. The lowest BCUT2D eigenvalue weighted by Gasteiger charge is -2.17. The molecule has 0 saturated carbocycles. The molecule has 0 atom stereocenters. The average Bonchev–Trinajstić information content (AvgIpc) is 2.94. The van der Waals surface area contributed by atoms with E-state index >= 15 is 0 Å². The summed E-state index contributed by atoms with van der Waals surface area (Å²) in [5, 5.41) is 2.73. The van der Waals surface area contributed by atoms with E-state index in [4.69, 9.17) is 4.74 Å².